The van der Waals surface area contributed by atoms with Crippen LogP contribution in [-0.2, 0) is 0 Å². The van der Waals surface area contributed by atoms with E-state index in [2.05, 4.69) is 39.5 Å². The molecule has 1 aliphatic rings. The maximum atomic E-state index is 9.84. The molecule has 0 saturated carbocycles. The summed E-state index contributed by atoms with van der Waals surface area (Å²) in [4.78, 5) is 2.41. The van der Waals surface area contributed by atoms with Crippen LogP contribution in [0.25, 0.3) is 0 Å². The lowest BCUT2D eigenvalue weighted by Crippen LogP contribution is -2.56. The van der Waals surface area contributed by atoms with Gasteiger partial charge < -0.3 is 5.11 Å². The molecule has 2 heteroatoms. The van der Waals surface area contributed by atoms with Crippen LogP contribution in [0.15, 0.2) is 0 Å². The molecule has 2 nitrogen and oxygen atoms in total. The zero-order valence-electron chi connectivity index (χ0n) is 9.54. The lowest BCUT2D eigenvalue weighted by Gasteiger charge is -2.47. The van der Waals surface area contributed by atoms with E-state index in [1.807, 2.05) is 0 Å². The van der Waals surface area contributed by atoms with Crippen LogP contribution in [0.5, 0.6) is 0 Å². The Kier molecular flexibility index (Phi) is 3.03. The van der Waals surface area contributed by atoms with Gasteiger partial charge in [-0.05, 0) is 40.0 Å². The van der Waals surface area contributed by atoms with E-state index >= 15 is 0 Å². The quantitative estimate of drug-likeness (QED) is 0.623. The highest BCUT2D eigenvalue weighted by atomic mass is 16.3. The zero-order valence-corrected chi connectivity index (χ0v) is 9.54. The predicted molar refractivity (Wildman–Crippen MR) is 55.7 cm³/mol. The fraction of sp³-hybridized carbons (Fsp3) is 1.00. The first-order valence-corrected chi connectivity index (χ1v) is 5.27. The van der Waals surface area contributed by atoms with Crippen LogP contribution >= 0.6 is 0 Å². The van der Waals surface area contributed by atoms with Crippen molar-refractivity contribution >= 4 is 0 Å². The molecule has 78 valence electrons. The van der Waals surface area contributed by atoms with Crippen LogP contribution in [0.1, 0.15) is 41.0 Å². The normalized spacial score (nSPS) is 37.8. The number of aliphatic hydroxyl groups excluding tert-OH is 1. The Hall–Kier alpha value is -0.0800. The largest absolute Gasteiger partial charge is 0.391 e. The highest BCUT2D eigenvalue weighted by Gasteiger charge is 2.35. The first-order chi connectivity index (χ1) is 5.82. The number of hydrogen-bond donors (Lipinski definition) is 1. The van der Waals surface area contributed by atoms with Gasteiger partial charge in [-0.1, -0.05) is 6.92 Å². The van der Waals surface area contributed by atoms with E-state index in [1.165, 1.54) is 0 Å². The predicted octanol–water partition coefficient (Wildman–Crippen LogP) is 1.88. The molecule has 0 bridgehead atoms. The zero-order chi connectivity index (χ0) is 10.2. The summed E-state index contributed by atoms with van der Waals surface area (Å²) < 4.78 is 0. The second-order valence-electron chi connectivity index (χ2n) is 5.47. The number of nitrogens with zero attached hydrogens (tertiary/aromatic N) is 1. The van der Waals surface area contributed by atoms with Crippen LogP contribution in [0.3, 0.4) is 0 Å². The maximum Gasteiger partial charge on any atom is 0.0695 e. The molecule has 0 radical (unpaired) electrons. The highest BCUT2D eigenvalue weighted by molar-refractivity contribution is 4.90. The van der Waals surface area contributed by atoms with Gasteiger partial charge >= 0.3 is 0 Å². The first-order valence-electron chi connectivity index (χ1n) is 5.27. The van der Waals surface area contributed by atoms with E-state index in [0.717, 1.165) is 13.0 Å². The van der Waals surface area contributed by atoms with Gasteiger partial charge in [-0.15, -0.1) is 0 Å². The molecule has 0 aromatic heterocycles. The number of piperidine rings is 1. The van der Waals surface area contributed by atoms with Crippen molar-refractivity contribution in [2.75, 3.05) is 6.54 Å². The van der Waals surface area contributed by atoms with E-state index in [-0.39, 0.29) is 11.6 Å². The van der Waals surface area contributed by atoms with Gasteiger partial charge in [-0.2, -0.15) is 0 Å². The van der Waals surface area contributed by atoms with Crippen molar-refractivity contribution in [2.24, 2.45) is 5.92 Å². The van der Waals surface area contributed by atoms with E-state index in [1.54, 1.807) is 0 Å². The molecular formula is C11H23NO. The minimum absolute atomic E-state index is 0.150. The Balaban J connectivity index is 2.72. The molecule has 0 unspecified atom stereocenters. The molecule has 0 amide bonds. The summed E-state index contributed by atoms with van der Waals surface area (Å²) in [5, 5.41) is 9.84. The van der Waals surface area contributed by atoms with Gasteiger partial charge in [0.1, 0.15) is 0 Å². The first kappa shape index (κ1) is 11.0. The summed E-state index contributed by atoms with van der Waals surface area (Å²) in [6.45, 7) is 12.1. The Labute approximate surface area is 81.9 Å². The third kappa shape index (κ3) is 2.44. The third-order valence-corrected chi connectivity index (χ3v) is 3.06. The van der Waals surface area contributed by atoms with Gasteiger partial charge in [0, 0.05) is 18.1 Å². The lowest BCUT2D eigenvalue weighted by atomic mass is 9.88. The summed E-state index contributed by atoms with van der Waals surface area (Å²) in [5.74, 6) is 0.616. The third-order valence-electron chi connectivity index (χ3n) is 3.06. The smallest absolute Gasteiger partial charge is 0.0695 e. The van der Waals surface area contributed by atoms with E-state index in [0.29, 0.717) is 12.0 Å². The van der Waals surface area contributed by atoms with Crippen molar-refractivity contribution in [3.63, 3.8) is 0 Å². The fourth-order valence-electron chi connectivity index (χ4n) is 2.28. The lowest BCUT2D eigenvalue weighted by molar-refractivity contribution is -0.0458. The molecule has 1 fully saturated rings. The highest BCUT2D eigenvalue weighted by Crippen LogP contribution is 2.28. The maximum absolute atomic E-state index is 9.84. The number of hydrogen-bond acceptors (Lipinski definition) is 2. The van der Waals surface area contributed by atoms with Gasteiger partial charge in [0.05, 0.1) is 6.10 Å². The fourth-order valence-corrected chi connectivity index (χ4v) is 2.28. The van der Waals surface area contributed by atoms with Crippen molar-refractivity contribution < 1.29 is 5.11 Å². The average Bonchev–Trinajstić information content (AvgIpc) is 1.94. The molecule has 1 saturated heterocycles. The second-order valence-corrected chi connectivity index (χ2v) is 5.47. The topological polar surface area (TPSA) is 23.5 Å². The molecule has 3 atom stereocenters. The molecular weight excluding hydrogens is 162 g/mol. The van der Waals surface area contributed by atoms with Crippen LogP contribution in [0, 0.1) is 5.92 Å². The van der Waals surface area contributed by atoms with Gasteiger partial charge in [0.15, 0.2) is 0 Å². The SMILES string of the molecule is C[C@H]1C[C@@H](O)[C@H](C)N(C(C)(C)C)C1. The van der Waals surface area contributed by atoms with E-state index < -0.39 is 0 Å². The van der Waals surface area contributed by atoms with Crippen molar-refractivity contribution in [3.05, 3.63) is 0 Å². The number of aliphatic hydroxyl groups is 1. The Morgan fingerprint density at radius 3 is 2.23 bits per heavy atom. The van der Waals surface area contributed by atoms with E-state index in [9.17, 15) is 5.11 Å². The van der Waals surface area contributed by atoms with E-state index in [4.69, 9.17) is 0 Å². The standard InChI is InChI=1S/C11H23NO/c1-8-6-10(13)9(2)12(7-8)11(3,4)5/h8-10,13H,6-7H2,1-5H3/t8-,9-,10+/m0/s1. The van der Waals surface area contributed by atoms with Gasteiger partial charge in [-0.3, -0.25) is 4.90 Å². The Bertz CT molecular complexity index is 173. The molecule has 0 aromatic carbocycles. The number of rotatable bonds is 0. The molecule has 0 spiro atoms. The van der Waals surface area contributed by atoms with Gasteiger partial charge in [0.25, 0.3) is 0 Å². The van der Waals surface area contributed by atoms with Gasteiger partial charge in [-0.25, -0.2) is 0 Å². The minimum Gasteiger partial charge on any atom is -0.391 e. The van der Waals surface area contributed by atoms with Crippen LogP contribution < -0.4 is 0 Å². The molecule has 1 rings (SSSR count). The Morgan fingerprint density at radius 1 is 1.23 bits per heavy atom. The second kappa shape index (κ2) is 3.58. The van der Waals surface area contributed by atoms with Crippen molar-refractivity contribution in [1.29, 1.82) is 0 Å². The molecule has 1 N–H and O–H groups in total. The Morgan fingerprint density at radius 2 is 1.77 bits per heavy atom. The van der Waals surface area contributed by atoms with Crippen molar-refractivity contribution in [3.8, 4) is 0 Å². The summed E-state index contributed by atoms with van der Waals surface area (Å²) in [6.07, 6.45) is 0.802. The van der Waals surface area contributed by atoms with Crippen molar-refractivity contribution in [1.82, 2.24) is 4.90 Å². The number of likely N-dealkylation sites (tertiary alicyclic amines) is 1. The van der Waals surface area contributed by atoms with Crippen LogP contribution in [0.4, 0.5) is 0 Å². The summed E-state index contributed by atoms with van der Waals surface area (Å²) >= 11 is 0. The summed E-state index contributed by atoms with van der Waals surface area (Å²) in [7, 11) is 0. The molecule has 13 heavy (non-hydrogen) atoms. The molecule has 0 aliphatic carbocycles. The monoisotopic (exact) mass is 185 g/mol. The molecule has 1 heterocycles. The van der Waals surface area contributed by atoms with Crippen LogP contribution in [0.2, 0.25) is 0 Å². The average molecular weight is 185 g/mol. The molecule has 0 aromatic rings. The van der Waals surface area contributed by atoms with Gasteiger partial charge in [0.2, 0.25) is 0 Å². The summed E-state index contributed by atoms with van der Waals surface area (Å²) in [5.41, 5.74) is 0.176. The summed E-state index contributed by atoms with van der Waals surface area (Å²) in [6, 6.07) is 0.302. The molecule has 1 aliphatic heterocycles. The van der Waals surface area contributed by atoms with Crippen molar-refractivity contribution in [2.45, 2.75) is 58.7 Å². The van der Waals surface area contributed by atoms with Crippen LogP contribution in [-0.4, -0.2) is 34.2 Å². The minimum atomic E-state index is -0.150.